The molecule has 1 aromatic rings. The highest BCUT2D eigenvalue weighted by Gasteiger charge is 2.10. The first-order valence-corrected chi connectivity index (χ1v) is 7.03. The molecule has 1 heteroatoms. The fraction of sp³-hybridized carbons (Fsp3) is 0.263. The van der Waals surface area contributed by atoms with E-state index in [9.17, 15) is 0 Å². The molecule has 0 aliphatic carbocycles. The smallest absolute Gasteiger partial charge is 0.134 e. The molecule has 0 aliphatic heterocycles. The largest absolute Gasteiger partial charge is 0.457 e. The van der Waals surface area contributed by atoms with E-state index < -0.39 is 0 Å². The van der Waals surface area contributed by atoms with E-state index in [0.717, 1.165) is 23.5 Å². The van der Waals surface area contributed by atoms with Crippen LogP contribution in [0, 0.1) is 0 Å². The second-order valence-corrected chi connectivity index (χ2v) is 4.64. The summed E-state index contributed by atoms with van der Waals surface area (Å²) in [7, 11) is 0. The maximum absolute atomic E-state index is 6.01. The SMILES string of the molecule is C=C\C=C(Oc1ccccc1)/C(=C/C)C(/C)=C(/C)CC. The van der Waals surface area contributed by atoms with Crippen LogP contribution in [0.25, 0.3) is 0 Å². The molecule has 20 heavy (non-hydrogen) atoms. The molecule has 0 fully saturated rings. The molecule has 0 spiro atoms. The molecule has 0 amide bonds. The van der Waals surface area contributed by atoms with E-state index in [4.69, 9.17) is 4.74 Å². The van der Waals surface area contributed by atoms with Gasteiger partial charge in [-0.05, 0) is 51.0 Å². The molecule has 1 nitrogen and oxygen atoms in total. The highest BCUT2D eigenvalue weighted by molar-refractivity contribution is 5.47. The fourth-order valence-corrected chi connectivity index (χ4v) is 1.94. The van der Waals surface area contributed by atoms with E-state index >= 15 is 0 Å². The third kappa shape index (κ3) is 4.27. The van der Waals surface area contributed by atoms with Gasteiger partial charge in [-0.25, -0.2) is 0 Å². The summed E-state index contributed by atoms with van der Waals surface area (Å²) in [6, 6.07) is 9.82. The lowest BCUT2D eigenvalue weighted by atomic mass is 9.98. The van der Waals surface area contributed by atoms with E-state index in [2.05, 4.69) is 33.4 Å². The van der Waals surface area contributed by atoms with Crippen LogP contribution in [-0.4, -0.2) is 0 Å². The summed E-state index contributed by atoms with van der Waals surface area (Å²) in [5, 5.41) is 0. The predicted molar refractivity (Wildman–Crippen MR) is 87.8 cm³/mol. The van der Waals surface area contributed by atoms with Gasteiger partial charge >= 0.3 is 0 Å². The van der Waals surface area contributed by atoms with Crippen molar-refractivity contribution >= 4 is 0 Å². The minimum atomic E-state index is 0.832. The number of para-hydroxylation sites is 1. The molecule has 0 bridgehead atoms. The Hall–Kier alpha value is -2.02. The minimum Gasteiger partial charge on any atom is -0.457 e. The third-order valence-electron chi connectivity index (χ3n) is 3.37. The average Bonchev–Trinajstić information content (AvgIpc) is 2.48. The Kier molecular flexibility index (Phi) is 6.58. The minimum absolute atomic E-state index is 0.832. The lowest BCUT2D eigenvalue weighted by Gasteiger charge is -2.16. The summed E-state index contributed by atoms with van der Waals surface area (Å²) in [5.74, 6) is 1.67. The van der Waals surface area contributed by atoms with Gasteiger partial charge < -0.3 is 4.74 Å². The van der Waals surface area contributed by atoms with Crippen molar-refractivity contribution in [1.82, 2.24) is 0 Å². The van der Waals surface area contributed by atoms with Crippen LogP contribution < -0.4 is 4.74 Å². The van der Waals surface area contributed by atoms with Crippen LogP contribution in [-0.2, 0) is 0 Å². The summed E-state index contributed by atoms with van der Waals surface area (Å²) in [5.41, 5.74) is 3.75. The van der Waals surface area contributed by atoms with Gasteiger partial charge in [-0.2, -0.15) is 0 Å². The molecule has 0 unspecified atom stereocenters. The number of rotatable bonds is 6. The second-order valence-electron chi connectivity index (χ2n) is 4.64. The second kappa shape index (κ2) is 8.21. The number of benzene rings is 1. The van der Waals surface area contributed by atoms with Crippen molar-refractivity contribution in [2.75, 3.05) is 0 Å². The molecule has 0 saturated heterocycles. The van der Waals surface area contributed by atoms with Gasteiger partial charge in [-0.1, -0.05) is 49.4 Å². The number of ether oxygens (including phenoxy) is 1. The Labute approximate surface area is 123 Å². The quantitative estimate of drug-likeness (QED) is 0.466. The summed E-state index contributed by atoms with van der Waals surface area (Å²) in [4.78, 5) is 0. The molecule has 0 aliphatic rings. The standard InChI is InChI=1S/C19H24O/c1-6-12-19(20-17-13-10-9-11-14-17)18(8-3)16(5)15(4)7-2/h6,8-14H,1,7H2,2-5H3/b16-15-,18-8+,19-12+. The van der Waals surface area contributed by atoms with Crippen LogP contribution in [0.4, 0.5) is 0 Å². The van der Waals surface area contributed by atoms with Crippen molar-refractivity contribution < 1.29 is 4.74 Å². The van der Waals surface area contributed by atoms with Crippen molar-refractivity contribution in [3.63, 3.8) is 0 Å². The van der Waals surface area contributed by atoms with Crippen molar-refractivity contribution in [3.05, 3.63) is 77.6 Å². The van der Waals surface area contributed by atoms with Gasteiger partial charge in [0, 0.05) is 5.57 Å². The Balaban J connectivity index is 3.14. The van der Waals surface area contributed by atoms with E-state index in [-0.39, 0.29) is 0 Å². The fourth-order valence-electron chi connectivity index (χ4n) is 1.94. The van der Waals surface area contributed by atoms with Gasteiger partial charge in [0.2, 0.25) is 0 Å². The average molecular weight is 268 g/mol. The molecule has 0 aromatic heterocycles. The van der Waals surface area contributed by atoms with Crippen LogP contribution in [0.2, 0.25) is 0 Å². The monoisotopic (exact) mass is 268 g/mol. The van der Waals surface area contributed by atoms with Gasteiger partial charge in [-0.15, -0.1) is 0 Å². The van der Waals surface area contributed by atoms with Gasteiger partial charge in [-0.3, -0.25) is 0 Å². The summed E-state index contributed by atoms with van der Waals surface area (Å²) in [6.07, 6.45) is 6.80. The first-order valence-electron chi connectivity index (χ1n) is 7.03. The van der Waals surface area contributed by atoms with E-state index in [1.54, 1.807) is 6.08 Å². The predicted octanol–water partition coefficient (Wildman–Crippen LogP) is 5.83. The van der Waals surface area contributed by atoms with Gasteiger partial charge in [0.25, 0.3) is 0 Å². The molecule has 0 saturated carbocycles. The zero-order valence-electron chi connectivity index (χ0n) is 12.9. The number of hydrogen-bond acceptors (Lipinski definition) is 1. The summed E-state index contributed by atoms with van der Waals surface area (Å²) >= 11 is 0. The molecule has 0 radical (unpaired) electrons. The molecular weight excluding hydrogens is 244 g/mol. The lowest BCUT2D eigenvalue weighted by Crippen LogP contribution is -2.02. The Bertz CT molecular complexity index is 530. The summed E-state index contributed by atoms with van der Waals surface area (Å²) < 4.78 is 6.01. The zero-order chi connectivity index (χ0) is 15.0. The van der Waals surface area contributed by atoms with Crippen molar-refractivity contribution in [2.45, 2.75) is 34.1 Å². The first-order chi connectivity index (χ1) is 9.63. The molecular formula is C19H24O. The van der Waals surface area contributed by atoms with Crippen LogP contribution >= 0.6 is 0 Å². The van der Waals surface area contributed by atoms with Crippen molar-refractivity contribution in [2.24, 2.45) is 0 Å². The van der Waals surface area contributed by atoms with E-state index in [1.807, 2.05) is 43.3 Å². The number of allylic oxidation sites excluding steroid dienone is 5. The zero-order valence-corrected chi connectivity index (χ0v) is 12.9. The maximum atomic E-state index is 6.01. The molecule has 1 rings (SSSR count). The normalized spacial score (nSPS) is 13.8. The molecule has 0 N–H and O–H groups in total. The molecule has 106 valence electrons. The Morgan fingerprint density at radius 2 is 1.85 bits per heavy atom. The first kappa shape index (κ1) is 16.0. The van der Waals surface area contributed by atoms with Crippen molar-refractivity contribution in [3.8, 4) is 5.75 Å². The topological polar surface area (TPSA) is 9.23 Å². The van der Waals surface area contributed by atoms with Crippen LogP contribution in [0.5, 0.6) is 5.75 Å². The number of hydrogen-bond donors (Lipinski definition) is 0. The van der Waals surface area contributed by atoms with Crippen LogP contribution in [0.3, 0.4) is 0 Å². The van der Waals surface area contributed by atoms with Crippen molar-refractivity contribution in [1.29, 1.82) is 0 Å². The van der Waals surface area contributed by atoms with Gasteiger partial charge in [0.05, 0.1) is 0 Å². The maximum Gasteiger partial charge on any atom is 0.134 e. The molecule has 0 atom stereocenters. The summed E-state index contributed by atoms with van der Waals surface area (Å²) in [6.45, 7) is 12.3. The third-order valence-corrected chi connectivity index (χ3v) is 3.37. The van der Waals surface area contributed by atoms with Crippen LogP contribution in [0.1, 0.15) is 34.1 Å². The van der Waals surface area contributed by atoms with Crippen LogP contribution in [0.15, 0.2) is 77.6 Å². The Morgan fingerprint density at radius 3 is 2.35 bits per heavy atom. The molecule has 0 heterocycles. The Morgan fingerprint density at radius 1 is 1.20 bits per heavy atom. The highest BCUT2D eigenvalue weighted by Crippen LogP contribution is 2.26. The molecule has 1 aromatic carbocycles. The van der Waals surface area contributed by atoms with Gasteiger partial charge in [0.1, 0.15) is 11.5 Å². The van der Waals surface area contributed by atoms with E-state index in [0.29, 0.717) is 0 Å². The van der Waals surface area contributed by atoms with E-state index in [1.165, 1.54) is 11.1 Å². The lowest BCUT2D eigenvalue weighted by molar-refractivity contribution is 0.437. The highest BCUT2D eigenvalue weighted by atomic mass is 16.5. The van der Waals surface area contributed by atoms with Gasteiger partial charge in [0.15, 0.2) is 0 Å².